The topological polar surface area (TPSA) is 33.7 Å². The van der Waals surface area contributed by atoms with Crippen LogP contribution in [0.3, 0.4) is 0 Å². The average Bonchev–Trinajstić information content (AvgIpc) is 2.33. The summed E-state index contributed by atoms with van der Waals surface area (Å²) >= 11 is 0. The number of rotatable bonds is 11. The molecule has 0 fully saturated rings. The molecule has 4 nitrogen and oxygen atoms in total. The second kappa shape index (κ2) is 11.0. The first-order chi connectivity index (χ1) is 8.17. The van der Waals surface area contributed by atoms with Gasteiger partial charge in [0.25, 0.3) is 0 Å². The smallest absolute Gasteiger partial charge is 0.0589 e. The third kappa shape index (κ3) is 7.71. The Morgan fingerprint density at radius 1 is 1.06 bits per heavy atom. The molecule has 1 N–H and O–H groups in total. The Kier molecular flexibility index (Phi) is 10.9. The molecule has 0 aliphatic rings. The second-order valence-electron chi connectivity index (χ2n) is 4.46. The lowest BCUT2D eigenvalue weighted by Crippen LogP contribution is -2.48. The van der Waals surface area contributed by atoms with Crippen LogP contribution >= 0.6 is 0 Å². The molecule has 0 spiro atoms. The zero-order valence-corrected chi connectivity index (χ0v) is 12.2. The van der Waals surface area contributed by atoms with E-state index >= 15 is 0 Å². The van der Waals surface area contributed by atoms with E-state index in [2.05, 4.69) is 31.0 Å². The van der Waals surface area contributed by atoms with Crippen LogP contribution < -0.4 is 5.32 Å². The summed E-state index contributed by atoms with van der Waals surface area (Å²) in [6, 6.07) is 1.02. The number of nitrogens with zero attached hydrogens (tertiary/aromatic N) is 1. The molecule has 0 aromatic heterocycles. The highest BCUT2D eigenvalue weighted by atomic mass is 16.5. The summed E-state index contributed by atoms with van der Waals surface area (Å²) in [4.78, 5) is 2.47. The van der Waals surface area contributed by atoms with E-state index in [1.807, 2.05) is 0 Å². The van der Waals surface area contributed by atoms with Gasteiger partial charge in [0.2, 0.25) is 0 Å². The predicted octanol–water partition coefficient (Wildman–Crippen LogP) is 1.36. The van der Waals surface area contributed by atoms with Gasteiger partial charge < -0.3 is 14.8 Å². The normalized spacial score (nSPS) is 15.2. The highest BCUT2D eigenvalue weighted by Gasteiger charge is 2.18. The molecule has 0 aliphatic heterocycles. The molecule has 0 aromatic carbocycles. The van der Waals surface area contributed by atoms with Crippen LogP contribution in [0.5, 0.6) is 0 Å². The number of nitrogens with one attached hydrogen (secondary N) is 1. The Morgan fingerprint density at radius 2 is 1.71 bits per heavy atom. The molecule has 0 amide bonds. The maximum Gasteiger partial charge on any atom is 0.0589 e. The van der Waals surface area contributed by atoms with E-state index in [9.17, 15) is 0 Å². The third-order valence-electron chi connectivity index (χ3n) is 3.20. The van der Waals surface area contributed by atoms with Crippen molar-refractivity contribution >= 4 is 0 Å². The lowest BCUT2D eigenvalue weighted by molar-refractivity contribution is 0.0995. The average molecular weight is 246 g/mol. The Balaban J connectivity index is 4.12. The van der Waals surface area contributed by atoms with E-state index in [0.717, 1.165) is 39.3 Å². The Morgan fingerprint density at radius 3 is 2.24 bits per heavy atom. The van der Waals surface area contributed by atoms with E-state index in [1.54, 1.807) is 14.2 Å². The molecule has 0 rings (SSSR count). The first kappa shape index (κ1) is 16.8. The van der Waals surface area contributed by atoms with Gasteiger partial charge in [-0.05, 0) is 26.8 Å². The highest BCUT2D eigenvalue weighted by molar-refractivity contribution is 4.77. The van der Waals surface area contributed by atoms with Gasteiger partial charge in [0.15, 0.2) is 0 Å². The maximum atomic E-state index is 5.18. The number of ether oxygens (including phenoxy) is 2. The molecule has 0 saturated heterocycles. The van der Waals surface area contributed by atoms with Crippen molar-refractivity contribution in [1.82, 2.24) is 10.2 Å². The summed E-state index contributed by atoms with van der Waals surface area (Å²) in [5.74, 6) is 0. The van der Waals surface area contributed by atoms with Gasteiger partial charge >= 0.3 is 0 Å². The van der Waals surface area contributed by atoms with Crippen molar-refractivity contribution in [2.24, 2.45) is 0 Å². The molecule has 0 radical (unpaired) electrons. The zero-order chi connectivity index (χ0) is 13.1. The van der Waals surface area contributed by atoms with Crippen molar-refractivity contribution < 1.29 is 9.47 Å². The maximum absolute atomic E-state index is 5.18. The SMILES string of the molecule is CCNC(C)C(C)N(CCCOC)CCOC. The quantitative estimate of drug-likeness (QED) is 0.558. The van der Waals surface area contributed by atoms with Gasteiger partial charge in [0.1, 0.15) is 0 Å². The standard InChI is InChI=1S/C13H30N2O2/c1-6-14-12(2)13(3)15(9-11-17-5)8-7-10-16-4/h12-14H,6-11H2,1-5H3. The fraction of sp³-hybridized carbons (Fsp3) is 1.00. The zero-order valence-electron chi connectivity index (χ0n) is 12.2. The van der Waals surface area contributed by atoms with E-state index in [4.69, 9.17) is 9.47 Å². The molecule has 0 bridgehead atoms. The molecule has 0 saturated carbocycles. The van der Waals surface area contributed by atoms with E-state index in [-0.39, 0.29) is 0 Å². The molecule has 4 heteroatoms. The van der Waals surface area contributed by atoms with Crippen molar-refractivity contribution in [2.75, 3.05) is 47.1 Å². The molecule has 17 heavy (non-hydrogen) atoms. The predicted molar refractivity (Wildman–Crippen MR) is 72.5 cm³/mol. The summed E-state index contributed by atoms with van der Waals surface area (Å²) in [5, 5.41) is 3.48. The van der Waals surface area contributed by atoms with Crippen LogP contribution in [0.1, 0.15) is 27.2 Å². The number of likely N-dealkylation sites (N-methyl/N-ethyl adjacent to an activating group) is 1. The van der Waals surface area contributed by atoms with Gasteiger partial charge in [-0.3, -0.25) is 4.90 Å². The molecular formula is C13H30N2O2. The number of hydrogen-bond acceptors (Lipinski definition) is 4. The Hall–Kier alpha value is -0.160. The van der Waals surface area contributed by atoms with Crippen molar-refractivity contribution in [2.45, 2.75) is 39.3 Å². The molecule has 0 aromatic rings. The minimum atomic E-state index is 0.499. The molecule has 0 heterocycles. The van der Waals surface area contributed by atoms with E-state index < -0.39 is 0 Å². The van der Waals surface area contributed by atoms with Gasteiger partial charge in [-0.15, -0.1) is 0 Å². The largest absolute Gasteiger partial charge is 0.385 e. The second-order valence-corrected chi connectivity index (χ2v) is 4.46. The Bertz CT molecular complexity index is 167. The van der Waals surface area contributed by atoms with Gasteiger partial charge in [0.05, 0.1) is 6.61 Å². The van der Waals surface area contributed by atoms with Crippen LogP contribution in [0.2, 0.25) is 0 Å². The van der Waals surface area contributed by atoms with Crippen LogP contribution in [0, 0.1) is 0 Å². The molecule has 2 atom stereocenters. The molecule has 104 valence electrons. The fourth-order valence-electron chi connectivity index (χ4n) is 1.95. The summed E-state index contributed by atoms with van der Waals surface area (Å²) in [6.45, 7) is 11.3. The monoisotopic (exact) mass is 246 g/mol. The van der Waals surface area contributed by atoms with Gasteiger partial charge in [0, 0.05) is 46.0 Å². The number of hydrogen-bond donors (Lipinski definition) is 1. The first-order valence-electron chi connectivity index (χ1n) is 6.62. The van der Waals surface area contributed by atoms with Crippen LogP contribution in [-0.2, 0) is 9.47 Å². The van der Waals surface area contributed by atoms with Crippen molar-refractivity contribution in [3.05, 3.63) is 0 Å². The minimum Gasteiger partial charge on any atom is -0.385 e. The lowest BCUT2D eigenvalue weighted by Gasteiger charge is -2.33. The van der Waals surface area contributed by atoms with Crippen LogP contribution in [0.15, 0.2) is 0 Å². The Labute approximate surface area is 107 Å². The summed E-state index contributed by atoms with van der Waals surface area (Å²) in [7, 11) is 3.51. The lowest BCUT2D eigenvalue weighted by atomic mass is 10.1. The number of methoxy groups -OCH3 is 2. The van der Waals surface area contributed by atoms with Crippen LogP contribution in [0.4, 0.5) is 0 Å². The summed E-state index contributed by atoms with van der Waals surface area (Å²) in [6.07, 6.45) is 1.07. The van der Waals surface area contributed by atoms with Crippen molar-refractivity contribution in [3.8, 4) is 0 Å². The minimum absolute atomic E-state index is 0.499. The fourth-order valence-corrected chi connectivity index (χ4v) is 1.95. The first-order valence-corrected chi connectivity index (χ1v) is 6.62. The summed E-state index contributed by atoms with van der Waals surface area (Å²) in [5.41, 5.74) is 0. The van der Waals surface area contributed by atoms with E-state index in [1.165, 1.54) is 0 Å². The van der Waals surface area contributed by atoms with Crippen LogP contribution in [-0.4, -0.2) is 64.1 Å². The van der Waals surface area contributed by atoms with Crippen LogP contribution in [0.25, 0.3) is 0 Å². The molecular weight excluding hydrogens is 216 g/mol. The van der Waals surface area contributed by atoms with Crippen molar-refractivity contribution in [1.29, 1.82) is 0 Å². The van der Waals surface area contributed by atoms with E-state index in [0.29, 0.717) is 12.1 Å². The van der Waals surface area contributed by atoms with Gasteiger partial charge in [-0.2, -0.15) is 0 Å². The molecule has 0 aliphatic carbocycles. The molecule has 2 unspecified atom stereocenters. The van der Waals surface area contributed by atoms with Gasteiger partial charge in [-0.1, -0.05) is 6.92 Å². The summed E-state index contributed by atoms with van der Waals surface area (Å²) < 4.78 is 10.3. The van der Waals surface area contributed by atoms with Gasteiger partial charge in [-0.25, -0.2) is 0 Å². The highest BCUT2D eigenvalue weighted by Crippen LogP contribution is 2.05. The van der Waals surface area contributed by atoms with Crippen molar-refractivity contribution in [3.63, 3.8) is 0 Å². The third-order valence-corrected chi connectivity index (χ3v) is 3.20.